The molecule has 1 aromatic rings. The van der Waals surface area contributed by atoms with Crippen molar-refractivity contribution in [1.82, 2.24) is 4.98 Å². The molecule has 0 spiro atoms. The highest BCUT2D eigenvalue weighted by atomic mass is 14.7. The molecule has 1 heterocycles. The van der Waals surface area contributed by atoms with Gasteiger partial charge in [0.1, 0.15) is 0 Å². The number of nitrogens with zero attached hydrogens (tertiary/aromatic N) is 1. The standard InChI is InChI=1S/C18H31N.C3H8.C2H6/c1-6-10-15(9-4)18-17(12-8-3)16(11-7-2)14(5)13-19-18;1-3-2;1-2/h13,15H,6-12H2,1-5H3;3H2,1-2H3;1-2H3. The van der Waals surface area contributed by atoms with E-state index < -0.39 is 0 Å². The first-order chi connectivity index (χ1) is 11.6. The lowest BCUT2D eigenvalue weighted by atomic mass is 9.87. The zero-order valence-electron chi connectivity index (χ0n) is 18.3. The summed E-state index contributed by atoms with van der Waals surface area (Å²) < 4.78 is 0. The average Bonchev–Trinajstić information content (AvgIpc) is 2.59. The highest BCUT2D eigenvalue weighted by Gasteiger charge is 2.18. The average molecular weight is 336 g/mol. The molecule has 0 aliphatic carbocycles. The summed E-state index contributed by atoms with van der Waals surface area (Å²) in [5, 5.41) is 0. The van der Waals surface area contributed by atoms with E-state index in [1.165, 1.54) is 62.6 Å². The molecular formula is C23H45N. The second-order valence-electron chi connectivity index (χ2n) is 6.38. The molecule has 1 heteroatoms. The Morgan fingerprint density at radius 2 is 1.33 bits per heavy atom. The molecule has 0 saturated carbocycles. The van der Waals surface area contributed by atoms with Crippen molar-refractivity contribution in [3.8, 4) is 0 Å². The highest BCUT2D eigenvalue weighted by Crippen LogP contribution is 2.30. The predicted molar refractivity (Wildman–Crippen MR) is 112 cm³/mol. The van der Waals surface area contributed by atoms with E-state index in [1.54, 1.807) is 11.1 Å². The van der Waals surface area contributed by atoms with E-state index >= 15 is 0 Å². The molecule has 24 heavy (non-hydrogen) atoms. The second kappa shape index (κ2) is 17.0. The van der Waals surface area contributed by atoms with Crippen LogP contribution < -0.4 is 0 Å². The summed E-state index contributed by atoms with van der Waals surface area (Å²) >= 11 is 0. The fourth-order valence-corrected chi connectivity index (χ4v) is 3.08. The maximum Gasteiger partial charge on any atom is 0.0469 e. The van der Waals surface area contributed by atoms with Gasteiger partial charge in [0, 0.05) is 17.8 Å². The van der Waals surface area contributed by atoms with Crippen LogP contribution in [0.4, 0.5) is 0 Å². The summed E-state index contributed by atoms with van der Waals surface area (Å²) in [5.74, 6) is 0.655. The van der Waals surface area contributed by atoms with Crippen molar-refractivity contribution in [2.75, 3.05) is 0 Å². The molecule has 0 amide bonds. The molecule has 0 radical (unpaired) electrons. The van der Waals surface area contributed by atoms with Crippen molar-refractivity contribution < 1.29 is 0 Å². The second-order valence-corrected chi connectivity index (χ2v) is 6.38. The molecule has 0 aliphatic rings. The predicted octanol–water partition coefficient (Wildman–Crippen LogP) is 8.03. The zero-order valence-corrected chi connectivity index (χ0v) is 18.3. The SMILES string of the molecule is CC.CCC.CCCc1c(C)cnc(C(CC)CCC)c1CCC. The topological polar surface area (TPSA) is 12.9 Å². The van der Waals surface area contributed by atoms with Gasteiger partial charge in [-0.2, -0.15) is 0 Å². The molecule has 1 unspecified atom stereocenters. The number of hydrogen-bond acceptors (Lipinski definition) is 1. The minimum atomic E-state index is 0.655. The molecule has 0 aliphatic heterocycles. The van der Waals surface area contributed by atoms with Gasteiger partial charge in [-0.05, 0) is 49.3 Å². The van der Waals surface area contributed by atoms with Gasteiger partial charge >= 0.3 is 0 Å². The van der Waals surface area contributed by atoms with Crippen molar-refractivity contribution in [2.24, 2.45) is 0 Å². The normalized spacial score (nSPS) is 11.0. The van der Waals surface area contributed by atoms with Crippen molar-refractivity contribution in [1.29, 1.82) is 0 Å². The van der Waals surface area contributed by atoms with Gasteiger partial charge in [-0.3, -0.25) is 4.98 Å². The van der Waals surface area contributed by atoms with Crippen LogP contribution in [0.15, 0.2) is 6.20 Å². The molecule has 0 bridgehead atoms. The Labute approximate surface area is 153 Å². The van der Waals surface area contributed by atoms with Crippen LogP contribution >= 0.6 is 0 Å². The smallest absolute Gasteiger partial charge is 0.0469 e. The maximum absolute atomic E-state index is 4.83. The number of rotatable bonds is 8. The Hall–Kier alpha value is -0.850. The van der Waals surface area contributed by atoms with Crippen LogP contribution in [0.5, 0.6) is 0 Å². The third kappa shape index (κ3) is 8.85. The molecule has 1 rings (SSSR count). The number of hydrogen-bond donors (Lipinski definition) is 0. The van der Waals surface area contributed by atoms with E-state index in [4.69, 9.17) is 4.98 Å². The van der Waals surface area contributed by atoms with Crippen LogP contribution in [0, 0.1) is 6.92 Å². The monoisotopic (exact) mass is 335 g/mol. The minimum absolute atomic E-state index is 0.655. The summed E-state index contributed by atoms with van der Waals surface area (Å²) in [6.07, 6.45) is 11.9. The Morgan fingerprint density at radius 1 is 0.833 bits per heavy atom. The van der Waals surface area contributed by atoms with E-state index in [1.807, 2.05) is 13.8 Å². The van der Waals surface area contributed by atoms with E-state index in [0.29, 0.717) is 5.92 Å². The van der Waals surface area contributed by atoms with E-state index in [0.717, 1.165) is 0 Å². The summed E-state index contributed by atoms with van der Waals surface area (Å²) in [6, 6.07) is 0. The third-order valence-electron chi connectivity index (χ3n) is 4.06. The van der Waals surface area contributed by atoms with E-state index in [-0.39, 0.29) is 0 Å². The fraction of sp³-hybridized carbons (Fsp3) is 0.783. The Bertz CT molecular complexity index is 395. The fourth-order valence-electron chi connectivity index (χ4n) is 3.08. The zero-order chi connectivity index (χ0) is 19.0. The lowest BCUT2D eigenvalue weighted by molar-refractivity contribution is 0.571. The molecule has 1 aromatic heterocycles. The van der Waals surface area contributed by atoms with Crippen LogP contribution in [0.2, 0.25) is 0 Å². The van der Waals surface area contributed by atoms with Gasteiger partial charge in [0.05, 0.1) is 0 Å². The van der Waals surface area contributed by atoms with Crippen LogP contribution in [0.1, 0.15) is 122 Å². The number of aromatic nitrogens is 1. The molecule has 1 atom stereocenters. The highest BCUT2D eigenvalue weighted by molar-refractivity contribution is 5.38. The van der Waals surface area contributed by atoms with Gasteiger partial charge in [0.15, 0.2) is 0 Å². The quantitative estimate of drug-likeness (QED) is 0.468. The van der Waals surface area contributed by atoms with Crippen molar-refractivity contribution in [3.63, 3.8) is 0 Å². The van der Waals surface area contributed by atoms with Gasteiger partial charge < -0.3 is 0 Å². The van der Waals surface area contributed by atoms with Gasteiger partial charge in [-0.15, -0.1) is 0 Å². The van der Waals surface area contributed by atoms with E-state index in [2.05, 4.69) is 54.7 Å². The largest absolute Gasteiger partial charge is 0.260 e. The summed E-state index contributed by atoms with van der Waals surface area (Å²) in [5.41, 5.74) is 5.95. The molecule has 0 saturated heterocycles. The third-order valence-corrected chi connectivity index (χ3v) is 4.06. The first-order valence-corrected chi connectivity index (χ1v) is 10.6. The van der Waals surface area contributed by atoms with Gasteiger partial charge in [0.25, 0.3) is 0 Å². The lowest BCUT2D eigenvalue weighted by Crippen LogP contribution is -2.10. The van der Waals surface area contributed by atoms with Gasteiger partial charge in [-0.1, -0.05) is 81.1 Å². The molecule has 1 nitrogen and oxygen atoms in total. The Morgan fingerprint density at radius 3 is 1.75 bits per heavy atom. The minimum Gasteiger partial charge on any atom is -0.260 e. The van der Waals surface area contributed by atoms with Crippen LogP contribution in [0.3, 0.4) is 0 Å². The molecule has 0 fully saturated rings. The van der Waals surface area contributed by atoms with E-state index in [9.17, 15) is 0 Å². The molecule has 142 valence electrons. The van der Waals surface area contributed by atoms with Crippen LogP contribution in [-0.2, 0) is 12.8 Å². The summed E-state index contributed by atoms with van der Waals surface area (Å²) in [6.45, 7) is 19.6. The summed E-state index contributed by atoms with van der Waals surface area (Å²) in [7, 11) is 0. The van der Waals surface area contributed by atoms with Gasteiger partial charge in [-0.25, -0.2) is 0 Å². The lowest BCUT2D eigenvalue weighted by Gasteiger charge is -2.21. The first-order valence-electron chi connectivity index (χ1n) is 10.6. The molecule has 0 aromatic carbocycles. The van der Waals surface area contributed by atoms with Gasteiger partial charge in [0.2, 0.25) is 0 Å². The molecular weight excluding hydrogens is 290 g/mol. The van der Waals surface area contributed by atoms with Crippen LogP contribution in [-0.4, -0.2) is 4.98 Å². The number of pyridine rings is 1. The number of aryl methyl sites for hydroxylation is 1. The Kier molecular flexibility index (Phi) is 18.0. The summed E-state index contributed by atoms with van der Waals surface area (Å²) in [4.78, 5) is 4.83. The first kappa shape index (κ1) is 25.4. The molecule has 0 N–H and O–H groups in total. The van der Waals surface area contributed by atoms with Crippen molar-refractivity contribution in [2.45, 2.75) is 120 Å². The van der Waals surface area contributed by atoms with Crippen LogP contribution in [0.25, 0.3) is 0 Å². The van der Waals surface area contributed by atoms with Crippen molar-refractivity contribution >= 4 is 0 Å². The maximum atomic E-state index is 4.83. The Balaban J connectivity index is 0. The van der Waals surface area contributed by atoms with Crippen molar-refractivity contribution in [3.05, 3.63) is 28.6 Å².